The van der Waals surface area contributed by atoms with E-state index in [1.807, 2.05) is 13.0 Å². The molecule has 4 N–H and O–H groups in total. The van der Waals surface area contributed by atoms with Crippen LogP contribution in [-0.2, 0) is 20.9 Å². The lowest BCUT2D eigenvalue weighted by Crippen LogP contribution is -2.57. The van der Waals surface area contributed by atoms with Crippen LogP contribution >= 0.6 is 0 Å². The second-order valence-electron chi connectivity index (χ2n) is 11.7. The number of hydrogen-bond donors (Lipinski definition) is 3. The van der Waals surface area contributed by atoms with E-state index in [1.54, 1.807) is 31.7 Å². The largest absolute Gasteiger partial charge is 0.444 e. The van der Waals surface area contributed by atoms with E-state index < -0.39 is 23.3 Å². The van der Waals surface area contributed by atoms with Crippen LogP contribution in [0.25, 0.3) is 0 Å². The highest BCUT2D eigenvalue weighted by Gasteiger charge is 2.68. The minimum atomic E-state index is -0.827. The summed E-state index contributed by atoms with van der Waals surface area (Å²) in [5, 5.41) is 5.89. The molecular weight excluding hydrogens is 458 g/mol. The fourth-order valence-corrected chi connectivity index (χ4v) is 5.92. The molecular formula is C27H41N5O4. The van der Waals surface area contributed by atoms with Crippen molar-refractivity contribution in [3.63, 3.8) is 0 Å². The van der Waals surface area contributed by atoms with Crippen molar-refractivity contribution in [1.82, 2.24) is 20.5 Å². The van der Waals surface area contributed by atoms with Gasteiger partial charge in [0.05, 0.1) is 0 Å². The van der Waals surface area contributed by atoms with Gasteiger partial charge in [-0.3, -0.25) is 9.59 Å². The minimum absolute atomic E-state index is 0.136. The van der Waals surface area contributed by atoms with Crippen molar-refractivity contribution in [2.45, 2.75) is 103 Å². The second kappa shape index (κ2) is 10.3. The first-order valence-electron chi connectivity index (χ1n) is 13.3. The Hall–Kier alpha value is -2.84. The first-order valence-corrected chi connectivity index (χ1v) is 13.3. The summed E-state index contributed by atoms with van der Waals surface area (Å²) in [6, 6.07) is 2.88. The van der Waals surface area contributed by atoms with Crippen LogP contribution in [0.4, 0.5) is 10.6 Å². The van der Waals surface area contributed by atoms with Crippen LogP contribution in [0.3, 0.4) is 0 Å². The number of ether oxygens (including phenoxy) is 1. The van der Waals surface area contributed by atoms with E-state index in [9.17, 15) is 14.4 Å². The number of nitrogen functional groups attached to an aromatic ring is 1. The van der Waals surface area contributed by atoms with E-state index in [4.69, 9.17) is 10.5 Å². The number of likely N-dealkylation sites (tertiary alicyclic amines) is 1. The number of piperidine rings is 1. The van der Waals surface area contributed by atoms with Crippen LogP contribution in [0, 0.1) is 18.8 Å². The van der Waals surface area contributed by atoms with Gasteiger partial charge in [0.2, 0.25) is 11.8 Å². The molecule has 0 radical (unpaired) electrons. The number of fused-ring (bicyclic) bond motifs is 1. The average molecular weight is 500 g/mol. The number of amides is 3. The number of aryl methyl sites for hydroxylation is 1. The van der Waals surface area contributed by atoms with Crippen molar-refractivity contribution in [3.8, 4) is 0 Å². The summed E-state index contributed by atoms with van der Waals surface area (Å²) in [5.41, 5.74) is 5.92. The van der Waals surface area contributed by atoms with Gasteiger partial charge in [0.15, 0.2) is 0 Å². The number of aromatic nitrogens is 1. The Kier molecular flexibility index (Phi) is 7.48. The number of nitrogens with zero attached hydrogens (tertiary/aromatic N) is 2. The van der Waals surface area contributed by atoms with E-state index in [0.29, 0.717) is 37.7 Å². The number of carbonyl (C=O) groups excluding carboxylic acids is 3. The summed E-state index contributed by atoms with van der Waals surface area (Å²) >= 11 is 0. The molecule has 9 nitrogen and oxygen atoms in total. The van der Waals surface area contributed by atoms with E-state index in [2.05, 4.69) is 15.6 Å². The molecule has 2 saturated carbocycles. The predicted octanol–water partition coefficient (Wildman–Crippen LogP) is 3.44. The molecule has 3 amide bonds. The zero-order chi connectivity index (χ0) is 26.1. The highest BCUT2D eigenvalue weighted by Crippen LogP contribution is 2.56. The molecule has 1 aliphatic heterocycles. The first kappa shape index (κ1) is 26.2. The Morgan fingerprint density at radius 2 is 1.92 bits per heavy atom. The zero-order valence-corrected chi connectivity index (χ0v) is 22.1. The van der Waals surface area contributed by atoms with Crippen molar-refractivity contribution in [1.29, 1.82) is 0 Å². The number of hydrogen-bond acceptors (Lipinski definition) is 6. The maximum Gasteiger partial charge on any atom is 0.408 e. The van der Waals surface area contributed by atoms with Gasteiger partial charge in [-0.05, 0) is 70.4 Å². The molecule has 0 unspecified atom stereocenters. The number of alkyl carbamates (subject to hydrolysis) is 1. The molecule has 3 fully saturated rings. The van der Waals surface area contributed by atoms with Gasteiger partial charge in [-0.15, -0.1) is 0 Å². The minimum Gasteiger partial charge on any atom is -0.444 e. The van der Waals surface area contributed by atoms with E-state index >= 15 is 0 Å². The standard InChI is InChI=1S/C27H41N5O4/c1-17-19(10-11-22(28)30-17)16-29-24(34)27-15-20(27)12-13-32(27)23(33)21(14-18-8-6-5-7-9-18)31-25(35)36-26(2,3)4/h10-11,18,20-21H,5-9,12-16H2,1-4H3,(H2,28,30)(H,29,34)(H,31,35)/t20-,21-,27+/m1/s1. The molecule has 1 aromatic rings. The maximum absolute atomic E-state index is 13.9. The summed E-state index contributed by atoms with van der Waals surface area (Å²) in [5.74, 6) is 0.669. The molecule has 198 valence electrons. The van der Waals surface area contributed by atoms with Crippen LogP contribution in [0.2, 0.25) is 0 Å². The molecule has 36 heavy (non-hydrogen) atoms. The van der Waals surface area contributed by atoms with Gasteiger partial charge in [-0.1, -0.05) is 38.2 Å². The molecule has 1 aromatic heterocycles. The lowest BCUT2D eigenvalue weighted by molar-refractivity contribution is -0.142. The van der Waals surface area contributed by atoms with Gasteiger partial charge in [-0.2, -0.15) is 0 Å². The highest BCUT2D eigenvalue weighted by atomic mass is 16.6. The van der Waals surface area contributed by atoms with Crippen molar-refractivity contribution in [2.24, 2.45) is 11.8 Å². The molecule has 9 heteroatoms. The summed E-state index contributed by atoms with van der Waals surface area (Å²) < 4.78 is 5.47. The quantitative estimate of drug-likeness (QED) is 0.527. The Morgan fingerprint density at radius 1 is 1.19 bits per heavy atom. The highest BCUT2D eigenvalue weighted by molar-refractivity contribution is 5.97. The molecule has 2 aliphatic carbocycles. The predicted molar refractivity (Wildman–Crippen MR) is 137 cm³/mol. The third-order valence-corrected chi connectivity index (χ3v) is 7.85. The first-order chi connectivity index (χ1) is 17.0. The lowest BCUT2D eigenvalue weighted by Gasteiger charge is -2.34. The third-order valence-electron chi connectivity index (χ3n) is 7.85. The number of anilines is 1. The van der Waals surface area contributed by atoms with Gasteiger partial charge in [0, 0.05) is 18.8 Å². The van der Waals surface area contributed by atoms with Crippen molar-refractivity contribution in [2.75, 3.05) is 12.3 Å². The summed E-state index contributed by atoms with van der Waals surface area (Å²) in [4.78, 5) is 46.0. The number of carbonyl (C=O) groups is 3. The van der Waals surface area contributed by atoms with Gasteiger partial charge in [-0.25, -0.2) is 9.78 Å². The van der Waals surface area contributed by atoms with Crippen LogP contribution < -0.4 is 16.4 Å². The monoisotopic (exact) mass is 499 g/mol. The maximum atomic E-state index is 13.9. The summed E-state index contributed by atoms with van der Waals surface area (Å²) in [7, 11) is 0. The van der Waals surface area contributed by atoms with E-state index in [-0.39, 0.29) is 17.7 Å². The average Bonchev–Trinajstić information content (AvgIpc) is 3.42. The van der Waals surface area contributed by atoms with Gasteiger partial charge >= 0.3 is 6.09 Å². The zero-order valence-electron chi connectivity index (χ0n) is 22.1. The SMILES string of the molecule is Cc1nc(N)ccc1CNC(=O)[C@]12C[C@H]1CCN2C(=O)[C@@H](CC1CCCCC1)NC(=O)OC(C)(C)C. The normalized spacial score (nSPS) is 24.6. The van der Waals surface area contributed by atoms with E-state index in [0.717, 1.165) is 43.4 Å². The molecule has 1 saturated heterocycles. The summed E-state index contributed by atoms with van der Waals surface area (Å²) in [6.45, 7) is 8.12. The molecule has 3 atom stereocenters. The van der Waals surface area contributed by atoms with Gasteiger partial charge in [0.25, 0.3) is 0 Å². The molecule has 3 aliphatic rings. The Morgan fingerprint density at radius 3 is 2.56 bits per heavy atom. The number of rotatable bonds is 7. The van der Waals surface area contributed by atoms with Crippen LogP contribution in [0.15, 0.2) is 12.1 Å². The number of nitrogens with two attached hydrogens (primary N) is 1. The van der Waals surface area contributed by atoms with Gasteiger partial charge < -0.3 is 26.0 Å². The van der Waals surface area contributed by atoms with Crippen molar-refractivity contribution >= 4 is 23.7 Å². The fraction of sp³-hybridized carbons (Fsp3) is 0.704. The third kappa shape index (κ3) is 5.76. The molecule has 0 bridgehead atoms. The number of pyridine rings is 1. The second-order valence-corrected chi connectivity index (χ2v) is 11.7. The van der Waals surface area contributed by atoms with Crippen molar-refractivity contribution < 1.29 is 19.1 Å². The molecule has 0 aromatic carbocycles. The Bertz CT molecular complexity index is 1000. The topological polar surface area (TPSA) is 127 Å². The Balaban J connectivity index is 1.47. The molecule has 2 heterocycles. The fourth-order valence-electron chi connectivity index (χ4n) is 5.92. The number of nitrogens with one attached hydrogen (secondary N) is 2. The molecule has 4 rings (SSSR count). The van der Waals surface area contributed by atoms with Crippen LogP contribution in [0.1, 0.15) is 83.4 Å². The Labute approximate surface area is 213 Å². The molecule has 0 spiro atoms. The lowest BCUT2D eigenvalue weighted by atomic mass is 9.84. The van der Waals surface area contributed by atoms with Crippen LogP contribution in [-0.4, -0.2) is 51.5 Å². The summed E-state index contributed by atoms with van der Waals surface area (Å²) in [6.07, 6.45) is 7.07. The smallest absolute Gasteiger partial charge is 0.408 e. The van der Waals surface area contributed by atoms with E-state index in [1.165, 1.54) is 6.42 Å². The van der Waals surface area contributed by atoms with Crippen molar-refractivity contribution in [3.05, 3.63) is 23.4 Å². The van der Waals surface area contributed by atoms with Crippen LogP contribution in [0.5, 0.6) is 0 Å². The van der Waals surface area contributed by atoms with Gasteiger partial charge in [0.1, 0.15) is 23.0 Å².